The minimum atomic E-state index is -0.384. The van der Waals surface area contributed by atoms with Crippen molar-refractivity contribution in [3.63, 3.8) is 0 Å². The van der Waals surface area contributed by atoms with Gasteiger partial charge < -0.3 is 14.5 Å². The quantitative estimate of drug-likeness (QED) is 0.309. The summed E-state index contributed by atoms with van der Waals surface area (Å²) in [5, 5.41) is 9.79. The van der Waals surface area contributed by atoms with Crippen molar-refractivity contribution in [1.82, 2.24) is 9.47 Å². The average Bonchev–Trinajstić information content (AvgIpc) is 3.24. The molecular formula is C30H28FN5O3S2. The first-order chi connectivity index (χ1) is 19.7. The number of methoxy groups -OCH3 is 1. The SMILES string of the molecule is COc1ccc(CN2C(=O)C(=Cc3c(C)c(C#N)c(=O)n(C)c3N3CCN(c4ccc(F)cc4)CC3)SC2=S)cc1. The Morgan fingerprint density at radius 1 is 1.05 bits per heavy atom. The van der Waals surface area contributed by atoms with Gasteiger partial charge in [0, 0.05) is 44.5 Å². The third kappa shape index (κ3) is 5.58. The Kier molecular flexibility index (Phi) is 8.15. The molecule has 2 aliphatic heterocycles. The monoisotopic (exact) mass is 589 g/mol. The molecule has 0 bridgehead atoms. The number of benzene rings is 2. The van der Waals surface area contributed by atoms with Crippen LogP contribution in [-0.2, 0) is 18.4 Å². The number of aromatic nitrogens is 1. The topological polar surface area (TPSA) is 81.8 Å². The number of hydrogen-bond acceptors (Lipinski definition) is 8. The first-order valence-corrected chi connectivity index (χ1v) is 14.2. The van der Waals surface area contributed by atoms with Crippen LogP contribution in [0.15, 0.2) is 58.2 Å². The molecule has 210 valence electrons. The molecule has 41 heavy (non-hydrogen) atoms. The molecule has 5 rings (SSSR count). The molecule has 11 heteroatoms. The Morgan fingerprint density at radius 2 is 1.68 bits per heavy atom. The molecule has 0 saturated carbocycles. The number of thioether (sulfide) groups is 1. The van der Waals surface area contributed by atoms with Crippen LogP contribution in [0, 0.1) is 24.1 Å². The maximum atomic E-state index is 13.5. The second-order valence-electron chi connectivity index (χ2n) is 9.78. The number of anilines is 2. The van der Waals surface area contributed by atoms with Crippen LogP contribution >= 0.6 is 24.0 Å². The number of carbonyl (C=O) groups excluding carboxylic acids is 1. The standard InChI is InChI=1S/C30H28FN5O3S2/c1-19-24(16-26-29(38)36(30(40)41-26)18-20-4-10-23(39-3)11-5-20)27(33(2)28(37)25(19)17-32)35-14-12-34(13-15-35)22-8-6-21(31)7-9-22/h4-11,16H,12-15,18H2,1-3H3. The van der Waals surface area contributed by atoms with Crippen molar-refractivity contribution in [2.45, 2.75) is 13.5 Å². The van der Waals surface area contributed by atoms with Gasteiger partial charge >= 0.3 is 0 Å². The fourth-order valence-electron chi connectivity index (χ4n) is 5.10. The minimum Gasteiger partial charge on any atom is -0.497 e. The molecule has 2 aliphatic rings. The van der Waals surface area contributed by atoms with Crippen molar-refractivity contribution in [1.29, 1.82) is 5.26 Å². The Bertz CT molecular complexity index is 1640. The maximum absolute atomic E-state index is 13.5. The van der Waals surface area contributed by atoms with Crippen LogP contribution in [0.2, 0.25) is 0 Å². The molecule has 2 fully saturated rings. The second-order valence-corrected chi connectivity index (χ2v) is 11.5. The van der Waals surface area contributed by atoms with Gasteiger partial charge in [0.25, 0.3) is 11.5 Å². The van der Waals surface area contributed by atoms with Gasteiger partial charge in [-0.3, -0.25) is 19.1 Å². The lowest BCUT2D eigenvalue weighted by molar-refractivity contribution is -0.122. The molecule has 0 radical (unpaired) electrons. The van der Waals surface area contributed by atoms with Crippen molar-refractivity contribution in [2.24, 2.45) is 7.05 Å². The van der Waals surface area contributed by atoms with Gasteiger partial charge in [0.05, 0.1) is 18.6 Å². The highest BCUT2D eigenvalue weighted by Crippen LogP contribution is 2.37. The number of amides is 1. The van der Waals surface area contributed by atoms with E-state index < -0.39 is 0 Å². The molecule has 0 spiro atoms. The summed E-state index contributed by atoms with van der Waals surface area (Å²) < 4.78 is 20.6. The van der Waals surface area contributed by atoms with E-state index in [1.165, 1.54) is 28.5 Å². The minimum absolute atomic E-state index is 0.0427. The number of pyridine rings is 1. The Labute approximate surface area is 247 Å². The molecule has 0 N–H and O–H groups in total. The second kappa shape index (κ2) is 11.8. The summed E-state index contributed by atoms with van der Waals surface area (Å²) in [4.78, 5) is 32.9. The fourth-order valence-corrected chi connectivity index (χ4v) is 6.34. The van der Waals surface area contributed by atoms with Crippen LogP contribution < -0.4 is 20.1 Å². The predicted molar refractivity (Wildman–Crippen MR) is 164 cm³/mol. The molecule has 0 atom stereocenters. The normalized spacial score (nSPS) is 16.5. The summed E-state index contributed by atoms with van der Waals surface area (Å²) in [5.41, 5.74) is 2.66. The molecule has 3 aromatic rings. The maximum Gasteiger partial charge on any atom is 0.270 e. The molecule has 0 unspecified atom stereocenters. The summed E-state index contributed by atoms with van der Waals surface area (Å²) in [6, 6.07) is 15.9. The average molecular weight is 590 g/mol. The van der Waals surface area contributed by atoms with E-state index in [0.29, 0.717) is 58.9 Å². The van der Waals surface area contributed by atoms with E-state index in [2.05, 4.69) is 9.80 Å². The van der Waals surface area contributed by atoms with Gasteiger partial charge in [0.2, 0.25) is 0 Å². The Hall–Kier alpha value is -4.14. The first kappa shape index (κ1) is 28.4. The van der Waals surface area contributed by atoms with Gasteiger partial charge in [0.1, 0.15) is 33.3 Å². The lowest BCUT2D eigenvalue weighted by Crippen LogP contribution is -2.48. The van der Waals surface area contributed by atoms with E-state index >= 15 is 0 Å². The van der Waals surface area contributed by atoms with E-state index in [1.54, 1.807) is 44.2 Å². The summed E-state index contributed by atoms with van der Waals surface area (Å²) in [6.07, 6.45) is 1.75. The van der Waals surface area contributed by atoms with E-state index in [9.17, 15) is 19.2 Å². The van der Waals surface area contributed by atoms with Crippen molar-refractivity contribution in [3.8, 4) is 11.8 Å². The van der Waals surface area contributed by atoms with E-state index in [1.807, 2.05) is 30.3 Å². The molecule has 2 saturated heterocycles. The number of thiocarbonyl (C=S) groups is 1. The summed E-state index contributed by atoms with van der Waals surface area (Å²) in [7, 11) is 3.25. The largest absolute Gasteiger partial charge is 0.497 e. The fraction of sp³-hybridized carbons (Fsp3) is 0.267. The van der Waals surface area contributed by atoms with Gasteiger partial charge in [0.15, 0.2) is 0 Å². The van der Waals surface area contributed by atoms with Crippen molar-refractivity contribution >= 4 is 51.8 Å². The molecular weight excluding hydrogens is 561 g/mol. The highest BCUT2D eigenvalue weighted by atomic mass is 32.2. The number of nitrogens with zero attached hydrogens (tertiary/aromatic N) is 5. The highest BCUT2D eigenvalue weighted by Gasteiger charge is 2.33. The molecule has 0 aliphatic carbocycles. The van der Waals surface area contributed by atoms with Crippen molar-refractivity contribution < 1.29 is 13.9 Å². The van der Waals surface area contributed by atoms with Crippen molar-refractivity contribution in [3.05, 3.63) is 91.9 Å². The molecule has 1 amide bonds. The van der Waals surface area contributed by atoms with Crippen LogP contribution in [0.1, 0.15) is 22.3 Å². The number of piperazine rings is 1. The van der Waals surface area contributed by atoms with E-state index in [-0.39, 0.29) is 22.8 Å². The van der Waals surface area contributed by atoms with E-state index in [0.717, 1.165) is 17.0 Å². The van der Waals surface area contributed by atoms with Gasteiger partial charge in [-0.15, -0.1) is 0 Å². The zero-order valence-corrected chi connectivity index (χ0v) is 24.5. The van der Waals surface area contributed by atoms with Crippen LogP contribution in [0.25, 0.3) is 6.08 Å². The van der Waals surface area contributed by atoms with Gasteiger partial charge in [-0.1, -0.05) is 36.1 Å². The zero-order chi connectivity index (χ0) is 29.3. The number of carbonyl (C=O) groups is 1. The van der Waals surface area contributed by atoms with Crippen LogP contribution in [0.3, 0.4) is 0 Å². The van der Waals surface area contributed by atoms with Crippen LogP contribution in [-0.4, -0.2) is 53.0 Å². The summed E-state index contributed by atoms with van der Waals surface area (Å²) >= 11 is 6.77. The van der Waals surface area contributed by atoms with Gasteiger partial charge in [-0.05, 0) is 60.5 Å². The molecule has 3 heterocycles. The van der Waals surface area contributed by atoms with Crippen molar-refractivity contribution in [2.75, 3.05) is 43.1 Å². The number of ether oxygens (including phenoxy) is 1. The van der Waals surface area contributed by atoms with E-state index in [4.69, 9.17) is 17.0 Å². The number of nitriles is 1. The molecule has 8 nitrogen and oxygen atoms in total. The van der Waals surface area contributed by atoms with Crippen LogP contribution in [0.5, 0.6) is 5.75 Å². The predicted octanol–water partition coefficient (Wildman–Crippen LogP) is 4.44. The van der Waals surface area contributed by atoms with Gasteiger partial charge in [-0.2, -0.15) is 5.26 Å². The zero-order valence-electron chi connectivity index (χ0n) is 22.9. The number of rotatable bonds is 6. The Morgan fingerprint density at radius 3 is 2.29 bits per heavy atom. The number of hydrogen-bond donors (Lipinski definition) is 0. The number of halogens is 1. The lowest BCUT2D eigenvalue weighted by atomic mass is 10.0. The summed E-state index contributed by atoms with van der Waals surface area (Å²) in [6.45, 7) is 4.55. The third-order valence-electron chi connectivity index (χ3n) is 7.39. The Balaban J connectivity index is 1.46. The highest BCUT2D eigenvalue weighted by molar-refractivity contribution is 8.26. The van der Waals surface area contributed by atoms with Crippen LogP contribution in [0.4, 0.5) is 15.9 Å². The molecule has 1 aromatic heterocycles. The smallest absolute Gasteiger partial charge is 0.270 e. The first-order valence-electron chi connectivity index (χ1n) is 13.0. The summed E-state index contributed by atoms with van der Waals surface area (Å²) in [5.74, 6) is 0.860. The third-order valence-corrected chi connectivity index (χ3v) is 8.77. The van der Waals surface area contributed by atoms with Gasteiger partial charge in [-0.25, -0.2) is 4.39 Å². The molecule has 2 aromatic carbocycles. The lowest BCUT2D eigenvalue weighted by Gasteiger charge is -2.38.